The van der Waals surface area contributed by atoms with Crippen LogP contribution in [0.2, 0.25) is 0 Å². The van der Waals surface area contributed by atoms with E-state index in [1.807, 2.05) is 192 Å². The summed E-state index contributed by atoms with van der Waals surface area (Å²) in [6, 6.07) is 50.7. The van der Waals surface area contributed by atoms with Crippen molar-refractivity contribution in [2.45, 2.75) is 81.2 Å². The molecule has 7 aromatic carbocycles. The number of nitrogens with zero attached hydrogens (tertiary/aromatic N) is 2. The quantitative estimate of drug-likeness (QED) is 0.0197. The summed E-state index contributed by atoms with van der Waals surface area (Å²) in [5, 5.41) is 0. The van der Waals surface area contributed by atoms with Crippen LogP contribution in [0.4, 0.5) is 34.1 Å². The van der Waals surface area contributed by atoms with E-state index in [-0.39, 0.29) is 61.9 Å². The Labute approximate surface area is 526 Å². The van der Waals surface area contributed by atoms with Crippen molar-refractivity contribution < 1.29 is 57.2 Å². The molecular weight excluding hydrogens is 1130 g/mol. The van der Waals surface area contributed by atoms with Gasteiger partial charge in [0.2, 0.25) is 0 Å². The number of benzene rings is 7. The third-order valence-corrected chi connectivity index (χ3v) is 13.7. The largest absolute Gasteiger partial charge is 0.457 e. The van der Waals surface area contributed by atoms with Crippen LogP contribution < -0.4 is 9.80 Å². The molecule has 14 nitrogen and oxygen atoms in total. The zero-order chi connectivity index (χ0) is 65.0. The molecule has 90 heavy (non-hydrogen) atoms. The van der Waals surface area contributed by atoms with Crippen LogP contribution in [0.1, 0.15) is 97.2 Å². The molecule has 0 spiro atoms. The number of anilines is 6. The Morgan fingerprint density at radius 3 is 0.722 bits per heavy atom. The minimum Gasteiger partial charge on any atom is -0.457 e. The third kappa shape index (κ3) is 18.9. The van der Waals surface area contributed by atoms with E-state index in [1.54, 1.807) is 41.5 Å². The first-order chi connectivity index (χ1) is 43.0. The zero-order valence-corrected chi connectivity index (χ0v) is 51.6. The summed E-state index contributed by atoms with van der Waals surface area (Å²) in [5.74, 6) is -3.16. The number of carbonyl (C=O) groups is 6. The van der Waals surface area contributed by atoms with Crippen molar-refractivity contribution in [2.24, 2.45) is 0 Å². The summed E-state index contributed by atoms with van der Waals surface area (Å²) in [7, 11) is 0. The maximum absolute atomic E-state index is 12.6. The second kappa shape index (κ2) is 31.5. The molecule has 0 saturated carbocycles. The number of hydrogen-bond donors (Lipinski definition) is 0. The summed E-state index contributed by atoms with van der Waals surface area (Å²) in [6.45, 7) is 31.4. The Balaban J connectivity index is 1.11. The molecular formula is C76H72N2O12. The summed E-state index contributed by atoms with van der Waals surface area (Å²) < 4.78 is 33.0. The van der Waals surface area contributed by atoms with E-state index in [2.05, 4.69) is 39.5 Å². The van der Waals surface area contributed by atoms with Crippen molar-refractivity contribution in [3.63, 3.8) is 0 Å². The lowest BCUT2D eigenvalue weighted by molar-refractivity contribution is -0.141. The average molecular weight is 1210 g/mol. The van der Waals surface area contributed by atoms with Crippen molar-refractivity contribution in [1.29, 1.82) is 0 Å². The predicted octanol–water partition coefficient (Wildman–Crippen LogP) is 16.7. The van der Waals surface area contributed by atoms with Crippen LogP contribution >= 0.6 is 0 Å². The zero-order valence-electron chi connectivity index (χ0n) is 51.6. The number of hydrogen-bond acceptors (Lipinski definition) is 14. The second-order valence-electron chi connectivity index (χ2n) is 21.6. The Morgan fingerprint density at radius 2 is 0.478 bits per heavy atom. The first-order valence-electron chi connectivity index (χ1n) is 28.7. The lowest BCUT2D eigenvalue weighted by Crippen LogP contribution is -2.13. The molecule has 0 bridgehead atoms. The minimum absolute atomic E-state index is 0.0682. The van der Waals surface area contributed by atoms with Crippen molar-refractivity contribution >= 4 is 94.2 Å². The van der Waals surface area contributed by atoms with Crippen LogP contribution in [0, 0.1) is 0 Å². The van der Waals surface area contributed by atoms with Gasteiger partial charge in [-0.2, -0.15) is 0 Å². The van der Waals surface area contributed by atoms with Gasteiger partial charge in [0.25, 0.3) is 0 Å². The highest BCUT2D eigenvalue weighted by molar-refractivity contribution is 5.90. The molecule has 458 valence electrons. The SMILES string of the molecule is C=C(C)C(=O)OCc1ccc(N(c2ccc(/C=C/c3ccc(/C=C/c4ccc(N(c5ccc(COC(=O)C(=C)C)cc5)c5ccc(COC(=O)C(=C)C)c(COC(=O)C(=C)C)c5)cc4)cc3)cc2)c2ccc(COC(=O)C(=C)C)c(COC(=O)C(=C)C)c2)cc1. The predicted molar refractivity (Wildman–Crippen MR) is 354 cm³/mol. The molecule has 0 aliphatic carbocycles. The van der Waals surface area contributed by atoms with Gasteiger partial charge in [-0.25, -0.2) is 28.8 Å². The lowest BCUT2D eigenvalue weighted by Gasteiger charge is -2.27. The maximum atomic E-state index is 12.6. The van der Waals surface area contributed by atoms with Crippen molar-refractivity contribution in [1.82, 2.24) is 0 Å². The van der Waals surface area contributed by atoms with Gasteiger partial charge in [-0.15, -0.1) is 0 Å². The molecule has 7 aromatic rings. The van der Waals surface area contributed by atoms with E-state index in [0.717, 1.165) is 67.5 Å². The Kier molecular flexibility index (Phi) is 23.2. The van der Waals surface area contributed by atoms with Gasteiger partial charge in [0.05, 0.1) is 0 Å². The van der Waals surface area contributed by atoms with E-state index in [0.29, 0.717) is 33.4 Å². The topological polar surface area (TPSA) is 164 Å². The molecule has 0 aliphatic rings. The number of esters is 6. The number of rotatable bonds is 28. The molecule has 0 unspecified atom stereocenters. The van der Waals surface area contributed by atoms with E-state index >= 15 is 0 Å². The molecule has 7 rings (SSSR count). The molecule has 0 radical (unpaired) electrons. The third-order valence-electron chi connectivity index (χ3n) is 13.7. The molecule has 0 heterocycles. The second-order valence-corrected chi connectivity index (χ2v) is 21.6. The van der Waals surface area contributed by atoms with Crippen LogP contribution in [0.5, 0.6) is 0 Å². The molecule has 0 aliphatic heterocycles. The normalized spacial score (nSPS) is 10.8. The Hall–Kier alpha value is -11.1. The molecule has 0 amide bonds. The van der Waals surface area contributed by atoms with Gasteiger partial charge in [-0.05, 0) is 170 Å². The Morgan fingerprint density at radius 1 is 0.278 bits per heavy atom. The molecule has 14 heteroatoms. The fraction of sp³-hybridized carbons (Fsp3) is 0.158. The first-order valence-corrected chi connectivity index (χ1v) is 28.7. The van der Waals surface area contributed by atoms with E-state index in [1.165, 1.54) is 0 Å². The molecule has 0 aromatic heterocycles. The van der Waals surface area contributed by atoms with Crippen LogP contribution in [-0.4, -0.2) is 35.8 Å². The Bertz CT molecular complexity index is 3690. The number of carbonyl (C=O) groups excluding carboxylic acids is 6. The highest BCUT2D eigenvalue weighted by Crippen LogP contribution is 2.39. The van der Waals surface area contributed by atoms with Crippen LogP contribution in [-0.2, 0) is 96.8 Å². The van der Waals surface area contributed by atoms with Gasteiger partial charge in [0, 0.05) is 67.6 Å². The van der Waals surface area contributed by atoms with E-state index in [9.17, 15) is 28.8 Å². The molecule has 0 fully saturated rings. The van der Waals surface area contributed by atoms with Gasteiger partial charge in [-0.1, -0.05) is 149 Å². The summed E-state index contributed by atoms with van der Waals surface area (Å²) in [4.78, 5) is 78.4. The van der Waals surface area contributed by atoms with E-state index < -0.39 is 35.8 Å². The first kappa shape index (κ1) is 66.4. The molecule has 0 atom stereocenters. The standard InChI is InChI=1S/C76H72N2O12/c1-49(2)71(79)85-43-59-25-35-67(36-26-59)77(69-39-29-61(45-87-73(81)51(5)6)63(41-69)47-89-75(83)53(9)10)65-31-21-57(22-32-65)19-17-55-13-15-56(16-14-55)18-20-58-23-33-66(34-24-58)78(68-37-27-60(28-38-68)44-86-72(80)50(3)4)70-40-30-62(46-88-74(82)52(7)8)64(42-70)48-90-76(84)54(11)12/h13-42H,1,3,5,7,9,11,43-48H2,2,4,6,8,10,12H3/b19-17+,20-18+. The highest BCUT2D eigenvalue weighted by Gasteiger charge is 2.20. The molecule has 0 saturated heterocycles. The van der Waals surface area contributed by atoms with Crippen LogP contribution in [0.15, 0.2) is 231 Å². The minimum atomic E-state index is -0.558. The smallest absolute Gasteiger partial charge is 0.333 e. The van der Waals surface area contributed by atoms with Gasteiger partial charge < -0.3 is 38.2 Å². The van der Waals surface area contributed by atoms with E-state index in [4.69, 9.17) is 28.4 Å². The summed E-state index contributed by atoms with van der Waals surface area (Å²) >= 11 is 0. The van der Waals surface area contributed by atoms with Crippen LogP contribution in [0.25, 0.3) is 24.3 Å². The van der Waals surface area contributed by atoms with Gasteiger partial charge in [0.15, 0.2) is 0 Å². The lowest BCUT2D eigenvalue weighted by atomic mass is 10.0. The summed E-state index contributed by atoms with van der Waals surface area (Å²) in [5.41, 5.74) is 14.2. The fourth-order valence-electron chi connectivity index (χ4n) is 8.61. The number of ether oxygens (including phenoxy) is 6. The molecule has 0 N–H and O–H groups in total. The van der Waals surface area contributed by atoms with Gasteiger partial charge >= 0.3 is 35.8 Å². The van der Waals surface area contributed by atoms with Crippen LogP contribution in [0.3, 0.4) is 0 Å². The van der Waals surface area contributed by atoms with Crippen molar-refractivity contribution in [2.75, 3.05) is 9.80 Å². The maximum Gasteiger partial charge on any atom is 0.333 e. The summed E-state index contributed by atoms with van der Waals surface area (Å²) in [6.07, 6.45) is 8.15. The van der Waals surface area contributed by atoms with Crippen molar-refractivity contribution in [3.05, 3.63) is 286 Å². The van der Waals surface area contributed by atoms with Gasteiger partial charge in [0.1, 0.15) is 39.6 Å². The monoisotopic (exact) mass is 1200 g/mol. The fourth-order valence-corrected chi connectivity index (χ4v) is 8.61. The van der Waals surface area contributed by atoms with Crippen molar-refractivity contribution in [3.8, 4) is 0 Å². The van der Waals surface area contributed by atoms with Gasteiger partial charge in [-0.3, -0.25) is 0 Å². The highest BCUT2D eigenvalue weighted by atomic mass is 16.6. The average Bonchev–Trinajstić information content (AvgIpc) is 0.958.